The van der Waals surface area contributed by atoms with Gasteiger partial charge < -0.3 is 4.98 Å². The Hall–Kier alpha value is -1.31. The molecule has 0 atom stereocenters. The number of nitrogens with one attached hydrogen (secondary N) is 1. The van der Waals surface area contributed by atoms with Gasteiger partial charge in [0.05, 0.1) is 0 Å². The van der Waals surface area contributed by atoms with Crippen molar-refractivity contribution in [2.24, 2.45) is 7.05 Å². The minimum absolute atomic E-state index is 1.20. The quantitative estimate of drug-likeness (QED) is 0.542. The normalized spacial score (nSPS) is 10.7. The van der Waals surface area contributed by atoms with Crippen molar-refractivity contribution < 1.29 is 4.57 Å². The van der Waals surface area contributed by atoms with Crippen LogP contribution in [0.1, 0.15) is 5.69 Å². The zero-order valence-electron chi connectivity index (χ0n) is 6.76. The molecular formula is C9H11N2+. The van der Waals surface area contributed by atoms with Gasteiger partial charge >= 0.3 is 0 Å². The Balaban J connectivity index is 2.82. The molecule has 0 aliphatic rings. The molecule has 0 amide bonds. The topological polar surface area (TPSA) is 19.7 Å². The molecule has 0 saturated heterocycles. The van der Waals surface area contributed by atoms with Gasteiger partial charge in [-0.3, -0.25) is 0 Å². The highest BCUT2D eigenvalue weighted by molar-refractivity contribution is 5.78. The number of aromatic nitrogens is 2. The number of rotatable bonds is 0. The van der Waals surface area contributed by atoms with Crippen LogP contribution >= 0.6 is 0 Å². The van der Waals surface area contributed by atoms with Gasteiger partial charge in [-0.05, 0) is 13.0 Å². The molecule has 0 aliphatic carbocycles. The molecule has 0 radical (unpaired) electrons. The molecule has 2 heterocycles. The lowest BCUT2D eigenvalue weighted by atomic mass is 10.3. The van der Waals surface area contributed by atoms with Gasteiger partial charge in [-0.1, -0.05) is 0 Å². The molecular weight excluding hydrogens is 136 g/mol. The van der Waals surface area contributed by atoms with Gasteiger partial charge in [-0.25, -0.2) is 4.57 Å². The summed E-state index contributed by atoms with van der Waals surface area (Å²) >= 11 is 0. The maximum Gasteiger partial charge on any atom is 0.192 e. The van der Waals surface area contributed by atoms with Crippen LogP contribution in [0.25, 0.3) is 10.9 Å². The number of fused-ring (bicyclic) bond motifs is 1. The molecule has 0 fully saturated rings. The summed E-state index contributed by atoms with van der Waals surface area (Å²) in [5.74, 6) is 0. The molecule has 0 spiro atoms. The number of hydrogen-bond donors (Lipinski definition) is 1. The van der Waals surface area contributed by atoms with Crippen molar-refractivity contribution >= 4 is 10.9 Å². The van der Waals surface area contributed by atoms with Crippen molar-refractivity contribution in [1.82, 2.24) is 4.98 Å². The minimum atomic E-state index is 1.20. The van der Waals surface area contributed by atoms with E-state index in [2.05, 4.69) is 36.4 Å². The Morgan fingerprint density at radius 2 is 2.27 bits per heavy atom. The zero-order chi connectivity index (χ0) is 7.84. The van der Waals surface area contributed by atoms with Crippen LogP contribution < -0.4 is 4.57 Å². The smallest absolute Gasteiger partial charge is 0.192 e. The first-order valence-electron chi connectivity index (χ1n) is 3.70. The summed E-state index contributed by atoms with van der Waals surface area (Å²) in [5, 5.41) is 1.28. The van der Waals surface area contributed by atoms with Crippen molar-refractivity contribution in [2.75, 3.05) is 0 Å². The van der Waals surface area contributed by atoms with Crippen molar-refractivity contribution in [3.05, 3.63) is 30.2 Å². The molecule has 2 aromatic heterocycles. The van der Waals surface area contributed by atoms with Gasteiger partial charge in [0.2, 0.25) is 0 Å². The van der Waals surface area contributed by atoms with Crippen molar-refractivity contribution in [3.8, 4) is 0 Å². The lowest BCUT2D eigenvalue weighted by Crippen LogP contribution is -2.25. The highest BCUT2D eigenvalue weighted by atomic mass is 14.9. The Kier molecular flexibility index (Phi) is 1.22. The van der Waals surface area contributed by atoms with Gasteiger partial charge in [0.1, 0.15) is 12.6 Å². The van der Waals surface area contributed by atoms with E-state index in [1.807, 2.05) is 11.6 Å². The summed E-state index contributed by atoms with van der Waals surface area (Å²) in [6.07, 6.45) is 4.14. The fourth-order valence-corrected chi connectivity index (χ4v) is 1.32. The molecule has 0 aromatic carbocycles. The van der Waals surface area contributed by atoms with Crippen molar-refractivity contribution in [1.29, 1.82) is 0 Å². The van der Waals surface area contributed by atoms with Crippen LogP contribution in [-0.4, -0.2) is 4.98 Å². The average Bonchev–Trinajstić information content (AvgIpc) is 2.27. The molecule has 0 aliphatic heterocycles. The van der Waals surface area contributed by atoms with Gasteiger partial charge in [0.15, 0.2) is 12.4 Å². The SMILES string of the molecule is Cc1cc2cc[n+](C)cc2[nH]1. The van der Waals surface area contributed by atoms with E-state index in [-0.39, 0.29) is 0 Å². The standard InChI is InChI=1S/C9H10N2/c1-7-5-8-3-4-11(2)6-9(8)10-7/h3-6H,1-2H3/p+1. The summed E-state index contributed by atoms with van der Waals surface area (Å²) in [6, 6.07) is 4.26. The van der Waals surface area contributed by atoms with E-state index in [0.29, 0.717) is 0 Å². The van der Waals surface area contributed by atoms with E-state index < -0.39 is 0 Å². The summed E-state index contributed by atoms with van der Waals surface area (Å²) in [7, 11) is 2.02. The summed E-state index contributed by atoms with van der Waals surface area (Å²) in [5.41, 5.74) is 2.42. The second-order valence-electron chi connectivity index (χ2n) is 2.93. The van der Waals surface area contributed by atoms with Crippen LogP contribution in [0.4, 0.5) is 0 Å². The van der Waals surface area contributed by atoms with E-state index in [4.69, 9.17) is 0 Å². The largest absolute Gasteiger partial charge is 0.354 e. The Bertz CT molecular complexity index is 387. The second kappa shape index (κ2) is 2.09. The third-order valence-electron chi connectivity index (χ3n) is 1.84. The van der Waals surface area contributed by atoms with Crippen LogP contribution in [0, 0.1) is 6.92 Å². The van der Waals surface area contributed by atoms with E-state index in [1.54, 1.807) is 0 Å². The number of nitrogens with zero attached hydrogens (tertiary/aromatic N) is 1. The summed E-state index contributed by atoms with van der Waals surface area (Å²) in [6.45, 7) is 2.07. The summed E-state index contributed by atoms with van der Waals surface area (Å²) < 4.78 is 2.04. The van der Waals surface area contributed by atoms with Crippen LogP contribution in [0.3, 0.4) is 0 Å². The first kappa shape index (κ1) is 6.40. The lowest BCUT2D eigenvalue weighted by molar-refractivity contribution is -0.670. The van der Waals surface area contributed by atoms with E-state index in [0.717, 1.165) is 0 Å². The van der Waals surface area contributed by atoms with Crippen molar-refractivity contribution in [3.63, 3.8) is 0 Å². The molecule has 0 bridgehead atoms. The highest BCUT2D eigenvalue weighted by Crippen LogP contribution is 2.10. The monoisotopic (exact) mass is 147 g/mol. The predicted octanol–water partition coefficient (Wildman–Crippen LogP) is 1.30. The van der Waals surface area contributed by atoms with E-state index >= 15 is 0 Å². The van der Waals surface area contributed by atoms with Crippen LogP contribution in [0.5, 0.6) is 0 Å². The fraction of sp³-hybridized carbons (Fsp3) is 0.222. The molecule has 2 heteroatoms. The average molecular weight is 147 g/mol. The van der Waals surface area contributed by atoms with Crippen molar-refractivity contribution in [2.45, 2.75) is 6.92 Å². The molecule has 2 nitrogen and oxygen atoms in total. The molecule has 11 heavy (non-hydrogen) atoms. The van der Waals surface area contributed by atoms with Gasteiger partial charge in [0, 0.05) is 17.1 Å². The third-order valence-corrected chi connectivity index (χ3v) is 1.84. The number of aromatic amines is 1. The predicted molar refractivity (Wildman–Crippen MR) is 44.2 cm³/mol. The first-order valence-corrected chi connectivity index (χ1v) is 3.70. The molecule has 1 N–H and O–H groups in total. The van der Waals surface area contributed by atoms with E-state index in [9.17, 15) is 0 Å². The minimum Gasteiger partial charge on any atom is -0.354 e. The first-order chi connectivity index (χ1) is 5.25. The molecule has 0 saturated carbocycles. The number of pyridine rings is 1. The number of H-pyrrole nitrogens is 1. The maximum absolute atomic E-state index is 3.28. The van der Waals surface area contributed by atoms with Gasteiger partial charge in [0.25, 0.3) is 0 Å². The highest BCUT2D eigenvalue weighted by Gasteiger charge is 1.99. The second-order valence-corrected chi connectivity index (χ2v) is 2.93. The fourth-order valence-electron chi connectivity index (χ4n) is 1.32. The third kappa shape index (κ3) is 1.00. The van der Waals surface area contributed by atoms with Gasteiger partial charge in [-0.15, -0.1) is 0 Å². The van der Waals surface area contributed by atoms with Crippen LogP contribution in [-0.2, 0) is 7.05 Å². The molecule has 56 valence electrons. The Morgan fingerprint density at radius 3 is 3.09 bits per heavy atom. The van der Waals surface area contributed by atoms with Crippen LogP contribution in [0.2, 0.25) is 0 Å². The maximum atomic E-state index is 3.28. The Morgan fingerprint density at radius 1 is 1.45 bits per heavy atom. The number of hydrogen-bond acceptors (Lipinski definition) is 0. The molecule has 2 aromatic rings. The van der Waals surface area contributed by atoms with E-state index in [1.165, 1.54) is 16.6 Å². The summed E-state index contributed by atoms with van der Waals surface area (Å²) in [4.78, 5) is 3.28. The molecule has 0 unspecified atom stereocenters. The molecule has 2 rings (SSSR count). The van der Waals surface area contributed by atoms with Crippen LogP contribution in [0.15, 0.2) is 24.5 Å². The Labute approximate surface area is 65.5 Å². The lowest BCUT2D eigenvalue weighted by Gasteiger charge is -1.85. The van der Waals surface area contributed by atoms with Gasteiger partial charge in [-0.2, -0.15) is 0 Å². The zero-order valence-corrected chi connectivity index (χ0v) is 6.76. The number of aryl methyl sites for hydroxylation is 2.